The Morgan fingerprint density at radius 1 is 1.44 bits per heavy atom. The number of nitrogens with zero attached hydrogens (tertiary/aromatic N) is 1. The number of hydrogen-bond acceptors (Lipinski definition) is 4. The third-order valence-electron chi connectivity index (χ3n) is 2.55. The number of aromatic nitrogens is 1. The molecule has 2 rings (SSSR count). The van der Waals surface area contributed by atoms with Gasteiger partial charge in [-0.2, -0.15) is 0 Å². The molecule has 0 aliphatic carbocycles. The van der Waals surface area contributed by atoms with Gasteiger partial charge in [-0.3, -0.25) is 4.98 Å². The fourth-order valence-electron chi connectivity index (χ4n) is 1.77. The van der Waals surface area contributed by atoms with E-state index in [0.717, 1.165) is 5.56 Å². The van der Waals surface area contributed by atoms with Crippen molar-refractivity contribution in [2.24, 2.45) is 0 Å². The average molecular weight is 267 g/mol. The highest BCUT2D eigenvalue weighted by molar-refractivity contribution is 5.85. The maximum Gasteiger partial charge on any atom is 0.0958 e. The van der Waals surface area contributed by atoms with Crippen LogP contribution < -0.4 is 5.32 Å². The third kappa shape index (κ3) is 3.57. The monoisotopic (exact) mass is 266 g/mol. The second kappa shape index (κ2) is 7.04. The van der Waals surface area contributed by atoms with Crippen LogP contribution in [0.15, 0.2) is 24.5 Å². The Morgan fingerprint density at radius 3 is 2.69 bits per heavy atom. The molecular formula is C10H16Cl2N2O2. The van der Waals surface area contributed by atoms with Crippen LogP contribution in [0.4, 0.5) is 0 Å². The zero-order chi connectivity index (χ0) is 9.97. The number of aliphatic hydroxyl groups excluding tert-OH is 2. The summed E-state index contributed by atoms with van der Waals surface area (Å²) in [6.45, 7) is 0.558. The molecule has 4 nitrogen and oxygen atoms in total. The van der Waals surface area contributed by atoms with Crippen molar-refractivity contribution < 1.29 is 10.2 Å². The topological polar surface area (TPSA) is 65.4 Å². The molecule has 1 aliphatic heterocycles. The molecule has 0 spiro atoms. The Balaban J connectivity index is 0.00000112. The Labute approximate surface area is 107 Å². The van der Waals surface area contributed by atoms with Crippen LogP contribution in [0, 0.1) is 0 Å². The summed E-state index contributed by atoms with van der Waals surface area (Å²) in [5, 5.41) is 22.3. The van der Waals surface area contributed by atoms with Crippen LogP contribution in [-0.2, 0) is 0 Å². The molecule has 1 aromatic rings. The summed E-state index contributed by atoms with van der Waals surface area (Å²) in [5.41, 5.74) is 0.791. The van der Waals surface area contributed by atoms with Gasteiger partial charge in [-0.25, -0.2) is 0 Å². The predicted octanol–water partition coefficient (Wildman–Crippen LogP) is 0.681. The number of nitrogens with one attached hydrogen (secondary N) is 1. The van der Waals surface area contributed by atoms with E-state index < -0.39 is 6.10 Å². The summed E-state index contributed by atoms with van der Waals surface area (Å²) >= 11 is 0. The van der Waals surface area contributed by atoms with E-state index in [9.17, 15) is 10.2 Å². The predicted molar refractivity (Wildman–Crippen MR) is 66.1 cm³/mol. The second-order valence-electron chi connectivity index (χ2n) is 3.64. The molecule has 0 saturated carbocycles. The van der Waals surface area contributed by atoms with Crippen molar-refractivity contribution >= 4 is 24.8 Å². The first-order valence-electron chi connectivity index (χ1n) is 4.77. The van der Waals surface area contributed by atoms with Crippen molar-refractivity contribution in [3.63, 3.8) is 0 Å². The van der Waals surface area contributed by atoms with E-state index in [0.29, 0.717) is 13.0 Å². The molecule has 0 amide bonds. The Morgan fingerprint density at radius 2 is 2.19 bits per heavy atom. The van der Waals surface area contributed by atoms with Gasteiger partial charge in [0.2, 0.25) is 0 Å². The van der Waals surface area contributed by atoms with Crippen molar-refractivity contribution in [2.45, 2.75) is 24.7 Å². The molecule has 92 valence electrons. The quantitative estimate of drug-likeness (QED) is 0.737. The molecule has 16 heavy (non-hydrogen) atoms. The summed E-state index contributed by atoms with van der Waals surface area (Å²) < 4.78 is 0. The summed E-state index contributed by atoms with van der Waals surface area (Å²) in [6, 6.07) is 3.57. The summed E-state index contributed by atoms with van der Waals surface area (Å²) in [4.78, 5) is 3.95. The molecule has 1 unspecified atom stereocenters. The fraction of sp³-hybridized carbons (Fsp3) is 0.500. The minimum absolute atomic E-state index is 0. The standard InChI is InChI=1S/C10H14N2O2.2ClH/c13-8-4-9(12-6-8)10(14)7-2-1-3-11-5-7;;/h1-3,5,8-10,12-14H,4,6H2;2*1H/t8-,9+,10?;;/m1../s1. The lowest BCUT2D eigenvalue weighted by atomic mass is 10.0. The Kier molecular flexibility index (Phi) is 6.87. The van der Waals surface area contributed by atoms with Gasteiger partial charge in [0.15, 0.2) is 0 Å². The van der Waals surface area contributed by atoms with Gasteiger partial charge in [-0.15, -0.1) is 24.8 Å². The molecule has 2 heterocycles. The van der Waals surface area contributed by atoms with Crippen LogP contribution in [-0.4, -0.2) is 33.9 Å². The maximum absolute atomic E-state index is 9.92. The van der Waals surface area contributed by atoms with Crippen molar-refractivity contribution in [2.75, 3.05) is 6.54 Å². The second-order valence-corrected chi connectivity index (χ2v) is 3.64. The maximum atomic E-state index is 9.92. The number of halogens is 2. The number of aliphatic hydroxyl groups is 2. The van der Waals surface area contributed by atoms with E-state index in [4.69, 9.17) is 0 Å². The Hall–Kier alpha value is -0.390. The number of rotatable bonds is 2. The number of hydrogen-bond donors (Lipinski definition) is 3. The molecule has 3 N–H and O–H groups in total. The van der Waals surface area contributed by atoms with Crippen molar-refractivity contribution in [3.05, 3.63) is 30.1 Å². The summed E-state index contributed by atoms with van der Waals surface area (Å²) in [7, 11) is 0. The van der Waals surface area contributed by atoms with E-state index in [1.165, 1.54) is 0 Å². The van der Waals surface area contributed by atoms with E-state index in [1.807, 2.05) is 6.07 Å². The first-order valence-corrected chi connectivity index (χ1v) is 4.77. The average Bonchev–Trinajstić information content (AvgIpc) is 2.65. The lowest BCUT2D eigenvalue weighted by Gasteiger charge is -2.17. The number of β-amino-alcohol motifs (C(OH)–C–C–N with tert-alkyl or cyclic N) is 1. The minimum atomic E-state index is -0.583. The third-order valence-corrected chi connectivity index (χ3v) is 2.55. The highest BCUT2D eigenvalue weighted by atomic mass is 35.5. The molecule has 0 aromatic carbocycles. The smallest absolute Gasteiger partial charge is 0.0958 e. The molecule has 1 aliphatic rings. The van der Waals surface area contributed by atoms with Crippen molar-refractivity contribution in [1.29, 1.82) is 0 Å². The van der Waals surface area contributed by atoms with Gasteiger partial charge in [-0.1, -0.05) is 6.07 Å². The van der Waals surface area contributed by atoms with Gasteiger partial charge in [0.05, 0.1) is 12.2 Å². The van der Waals surface area contributed by atoms with E-state index in [-0.39, 0.29) is 37.0 Å². The van der Waals surface area contributed by atoms with Crippen LogP contribution in [0.1, 0.15) is 18.1 Å². The van der Waals surface area contributed by atoms with E-state index in [1.54, 1.807) is 18.5 Å². The van der Waals surface area contributed by atoms with Crippen LogP contribution in [0.25, 0.3) is 0 Å². The molecule has 3 atom stereocenters. The number of pyridine rings is 1. The molecular weight excluding hydrogens is 251 g/mol. The molecule has 1 saturated heterocycles. The fourth-order valence-corrected chi connectivity index (χ4v) is 1.77. The Bertz CT molecular complexity index is 300. The molecule has 1 aromatic heterocycles. The van der Waals surface area contributed by atoms with E-state index >= 15 is 0 Å². The minimum Gasteiger partial charge on any atom is -0.392 e. The lowest BCUT2D eigenvalue weighted by Crippen LogP contribution is -2.28. The SMILES string of the molecule is Cl.Cl.OC(c1cccnc1)[C@@H]1C[C@@H](O)CN1. The van der Waals surface area contributed by atoms with Crippen LogP contribution in [0.3, 0.4) is 0 Å². The van der Waals surface area contributed by atoms with Gasteiger partial charge in [0, 0.05) is 30.5 Å². The van der Waals surface area contributed by atoms with Gasteiger partial charge in [0.25, 0.3) is 0 Å². The van der Waals surface area contributed by atoms with Crippen molar-refractivity contribution in [1.82, 2.24) is 10.3 Å². The van der Waals surface area contributed by atoms with E-state index in [2.05, 4.69) is 10.3 Å². The summed E-state index contributed by atoms with van der Waals surface area (Å²) in [6.07, 6.45) is 2.99. The highest BCUT2D eigenvalue weighted by Gasteiger charge is 2.28. The molecule has 0 radical (unpaired) electrons. The summed E-state index contributed by atoms with van der Waals surface area (Å²) in [5.74, 6) is 0. The largest absolute Gasteiger partial charge is 0.392 e. The molecule has 1 fully saturated rings. The van der Waals surface area contributed by atoms with Gasteiger partial charge in [-0.05, 0) is 12.5 Å². The first-order chi connectivity index (χ1) is 6.77. The first kappa shape index (κ1) is 15.6. The normalized spacial score (nSPS) is 25.4. The van der Waals surface area contributed by atoms with Crippen molar-refractivity contribution in [3.8, 4) is 0 Å². The van der Waals surface area contributed by atoms with Gasteiger partial charge in [0.1, 0.15) is 0 Å². The molecule has 6 heteroatoms. The zero-order valence-corrected chi connectivity index (χ0v) is 10.2. The van der Waals surface area contributed by atoms with Crippen LogP contribution in [0.2, 0.25) is 0 Å². The van der Waals surface area contributed by atoms with Crippen LogP contribution in [0.5, 0.6) is 0 Å². The van der Waals surface area contributed by atoms with Crippen LogP contribution >= 0.6 is 24.8 Å². The zero-order valence-electron chi connectivity index (χ0n) is 8.61. The highest BCUT2D eigenvalue weighted by Crippen LogP contribution is 2.21. The van der Waals surface area contributed by atoms with Gasteiger partial charge >= 0.3 is 0 Å². The molecule has 0 bridgehead atoms. The van der Waals surface area contributed by atoms with Gasteiger partial charge < -0.3 is 15.5 Å². The lowest BCUT2D eigenvalue weighted by molar-refractivity contribution is 0.125.